The molecule has 2 N–H and O–H groups in total. The topological polar surface area (TPSA) is 102 Å². The van der Waals surface area contributed by atoms with Gasteiger partial charge in [-0.3, -0.25) is 19.5 Å². The SMILES string of the molecule is NC(=O)N1CCCc2cc(-c3cncc(-c4cnn(CCN5CCOCC5)c4)c3)cnc21. The van der Waals surface area contributed by atoms with Crippen LogP contribution in [0, 0.1) is 0 Å². The van der Waals surface area contributed by atoms with E-state index in [4.69, 9.17) is 10.5 Å². The highest BCUT2D eigenvalue weighted by atomic mass is 16.5. The molecule has 0 saturated carbocycles. The van der Waals surface area contributed by atoms with Crippen LogP contribution in [0.4, 0.5) is 10.6 Å². The van der Waals surface area contributed by atoms with Gasteiger partial charge in [-0.25, -0.2) is 9.78 Å². The number of pyridine rings is 2. The highest BCUT2D eigenvalue weighted by Crippen LogP contribution is 2.30. The largest absolute Gasteiger partial charge is 0.379 e. The Hall–Kier alpha value is -3.30. The summed E-state index contributed by atoms with van der Waals surface area (Å²) >= 11 is 0. The van der Waals surface area contributed by atoms with Gasteiger partial charge < -0.3 is 10.5 Å². The molecule has 0 spiro atoms. The molecule has 0 atom stereocenters. The van der Waals surface area contributed by atoms with E-state index in [1.54, 1.807) is 11.1 Å². The van der Waals surface area contributed by atoms with Gasteiger partial charge >= 0.3 is 6.03 Å². The number of morpholine rings is 1. The highest BCUT2D eigenvalue weighted by molar-refractivity contribution is 5.91. The van der Waals surface area contributed by atoms with Gasteiger partial charge in [-0.2, -0.15) is 5.10 Å². The van der Waals surface area contributed by atoms with Crippen molar-refractivity contribution < 1.29 is 9.53 Å². The van der Waals surface area contributed by atoms with Gasteiger partial charge in [-0.05, 0) is 30.5 Å². The standard InChI is InChI=1S/C23H27N7O2/c24-23(31)30-3-1-2-17-10-20(14-26-22(17)30)18-11-19(13-25-12-18)21-15-27-29(16-21)5-4-28-6-8-32-9-7-28/h10-16H,1-9H2,(H2,24,31). The van der Waals surface area contributed by atoms with Crippen LogP contribution in [-0.2, 0) is 17.7 Å². The van der Waals surface area contributed by atoms with Gasteiger partial charge in [-0.15, -0.1) is 0 Å². The molecule has 0 bridgehead atoms. The summed E-state index contributed by atoms with van der Waals surface area (Å²) in [6.07, 6.45) is 11.2. The molecular weight excluding hydrogens is 406 g/mol. The Morgan fingerprint density at radius 2 is 1.75 bits per heavy atom. The molecule has 0 unspecified atom stereocenters. The number of carbonyl (C=O) groups is 1. The molecule has 2 aliphatic heterocycles. The number of nitrogens with zero attached hydrogens (tertiary/aromatic N) is 6. The fourth-order valence-corrected chi connectivity index (χ4v) is 4.30. The summed E-state index contributed by atoms with van der Waals surface area (Å²) in [6, 6.07) is 3.73. The molecule has 0 radical (unpaired) electrons. The Morgan fingerprint density at radius 3 is 2.56 bits per heavy atom. The van der Waals surface area contributed by atoms with Gasteiger partial charge in [-0.1, -0.05) is 0 Å². The van der Waals surface area contributed by atoms with Crippen molar-refractivity contribution in [2.75, 3.05) is 44.3 Å². The van der Waals surface area contributed by atoms with Gasteiger partial charge in [0.25, 0.3) is 0 Å². The zero-order valence-electron chi connectivity index (χ0n) is 18.0. The van der Waals surface area contributed by atoms with Crippen LogP contribution >= 0.6 is 0 Å². The Bertz CT molecular complexity index is 1110. The number of carbonyl (C=O) groups excluding carboxylic acids is 1. The number of hydrogen-bond donors (Lipinski definition) is 1. The highest BCUT2D eigenvalue weighted by Gasteiger charge is 2.22. The molecule has 166 valence electrons. The number of aromatic nitrogens is 4. The molecule has 3 aromatic heterocycles. The lowest BCUT2D eigenvalue weighted by Crippen LogP contribution is -2.40. The molecule has 1 saturated heterocycles. The fraction of sp³-hybridized carbons (Fsp3) is 0.391. The number of fused-ring (bicyclic) bond motifs is 1. The van der Waals surface area contributed by atoms with E-state index in [-0.39, 0.29) is 0 Å². The summed E-state index contributed by atoms with van der Waals surface area (Å²) < 4.78 is 7.39. The molecule has 0 aromatic carbocycles. The van der Waals surface area contributed by atoms with Gasteiger partial charge in [0.05, 0.1) is 26.0 Å². The van der Waals surface area contributed by atoms with Crippen LogP contribution in [-0.4, -0.2) is 70.1 Å². The molecule has 9 heteroatoms. The van der Waals surface area contributed by atoms with Crippen LogP contribution in [0.2, 0.25) is 0 Å². The average molecular weight is 434 g/mol. The molecule has 5 heterocycles. The Kier molecular flexibility index (Phi) is 5.83. The molecule has 5 rings (SSSR count). The van der Waals surface area contributed by atoms with Crippen molar-refractivity contribution in [2.45, 2.75) is 19.4 Å². The lowest BCUT2D eigenvalue weighted by molar-refractivity contribution is 0.0360. The molecule has 32 heavy (non-hydrogen) atoms. The van der Waals surface area contributed by atoms with E-state index in [1.807, 2.05) is 23.3 Å². The maximum absolute atomic E-state index is 11.7. The quantitative estimate of drug-likeness (QED) is 0.662. The minimum atomic E-state index is -0.458. The van der Waals surface area contributed by atoms with Crippen LogP contribution < -0.4 is 10.6 Å². The van der Waals surface area contributed by atoms with Gasteiger partial charge in [0.1, 0.15) is 5.82 Å². The van der Waals surface area contributed by atoms with E-state index < -0.39 is 6.03 Å². The first-order valence-electron chi connectivity index (χ1n) is 11.0. The lowest BCUT2D eigenvalue weighted by Gasteiger charge is -2.26. The molecule has 9 nitrogen and oxygen atoms in total. The molecule has 2 aliphatic rings. The first-order valence-corrected chi connectivity index (χ1v) is 11.0. The van der Waals surface area contributed by atoms with Crippen LogP contribution in [0.3, 0.4) is 0 Å². The van der Waals surface area contributed by atoms with Crippen LogP contribution in [0.5, 0.6) is 0 Å². The summed E-state index contributed by atoms with van der Waals surface area (Å²) in [6.45, 7) is 5.99. The minimum Gasteiger partial charge on any atom is -0.379 e. The van der Waals surface area contributed by atoms with Crippen molar-refractivity contribution in [3.63, 3.8) is 0 Å². The Balaban J connectivity index is 1.33. The van der Waals surface area contributed by atoms with E-state index in [0.29, 0.717) is 12.4 Å². The first-order chi connectivity index (χ1) is 15.7. The number of nitrogens with two attached hydrogens (primary N) is 1. The van der Waals surface area contributed by atoms with E-state index >= 15 is 0 Å². The van der Waals surface area contributed by atoms with Crippen LogP contribution in [0.1, 0.15) is 12.0 Å². The summed E-state index contributed by atoms with van der Waals surface area (Å²) in [5, 5.41) is 4.53. The van der Waals surface area contributed by atoms with E-state index in [2.05, 4.69) is 38.3 Å². The van der Waals surface area contributed by atoms with Crippen LogP contribution in [0.25, 0.3) is 22.3 Å². The summed E-state index contributed by atoms with van der Waals surface area (Å²) in [4.78, 5) is 24.6. The lowest BCUT2D eigenvalue weighted by atomic mass is 10.00. The van der Waals surface area contributed by atoms with Crippen molar-refractivity contribution in [3.8, 4) is 22.3 Å². The molecule has 0 aliphatic carbocycles. The second-order valence-electron chi connectivity index (χ2n) is 8.21. The summed E-state index contributed by atoms with van der Waals surface area (Å²) in [5.41, 5.74) is 10.5. The second kappa shape index (κ2) is 9.05. The number of urea groups is 1. The number of ether oxygens (including phenoxy) is 1. The second-order valence-corrected chi connectivity index (χ2v) is 8.21. The Morgan fingerprint density at radius 1 is 0.969 bits per heavy atom. The van der Waals surface area contributed by atoms with Crippen LogP contribution in [0.15, 0.2) is 43.1 Å². The van der Waals surface area contributed by atoms with E-state index in [0.717, 1.165) is 80.1 Å². The molecule has 3 aromatic rings. The first kappa shape index (κ1) is 20.6. The predicted octanol–water partition coefficient (Wildman–Crippen LogP) is 2.17. The predicted molar refractivity (Wildman–Crippen MR) is 121 cm³/mol. The van der Waals surface area contributed by atoms with Crippen molar-refractivity contribution in [1.82, 2.24) is 24.6 Å². The van der Waals surface area contributed by atoms with Crippen molar-refractivity contribution >= 4 is 11.8 Å². The number of primary amides is 1. The zero-order valence-corrected chi connectivity index (χ0v) is 18.0. The van der Waals surface area contributed by atoms with E-state index in [1.165, 1.54) is 0 Å². The Labute approximate surface area is 186 Å². The summed E-state index contributed by atoms with van der Waals surface area (Å²) in [5.74, 6) is 0.665. The van der Waals surface area contributed by atoms with Crippen molar-refractivity contribution in [3.05, 3.63) is 48.7 Å². The third kappa shape index (κ3) is 4.35. The monoisotopic (exact) mass is 433 g/mol. The number of anilines is 1. The minimum absolute atomic E-state index is 0.458. The number of aryl methyl sites for hydroxylation is 1. The molecule has 2 amide bonds. The fourth-order valence-electron chi connectivity index (χ4n) is 4.30. The third-order valence-corrected chi connectivity index (χ3v) is 6.08. The maximum Gasteiger partial charge on any atom is 0.320 e. The number of hydrogen-bond acceptors (Lipinski definition) is 6. The van der Waals surface area contributed by atoms with E-state index in [9.17, 15) is 4.79 Å². The average Bonchev–Trinajstić information content (AvgIpc) is 3.32. The van der Waals surface area contributed by atoms with Crippen molar-refractivity contribution in [1.29, 1.82) is 0 Å². The normalized spacial score (nSPS) is 16.7. The third-order valence-electron chi connectivity index (χ3n) is 6.08. The number of rotatable bonds is 5. The van der Waals surface area contributed by atoms with Gasteiger partial charge in [0, 0.05) is 73.2 Å². The summed E-state index contributed by atoms with van der Waals surface area (Å²) in [7, 11) is 0. The molecule has 1 fully saturated rings. The zero-order chi connectivity index (χ0) is 21.9. The van der Waals surface area contributed by atoms with Gasteiger partial charge in [0.2, 0.25) is 0 Å². The maximum atomic E-state index is 11.7. The molecular formula is C23H27N7O2. The number of amides is 2. The van der Waals surface area contributed by atoms with Gasteiger partial charge in [0.15, 0.2) is 0 Å². The smallest absolute Gasteiger partial charge is 0.320 e. The van der Waals surface area contributed by atoms with Crippen molar-refractivity contribution in [2.24, 2.45) is 5.73 Å².